The van der Waals surface area contributed by atoms with Gasteiger partial charge in [0.25, 0.3) is 0 Å². The minimum atomic E-state index is 0.249. The summed E-state index contributed by atoms with van der Waals surface area (Å²) >= 11 is 0. The molecule has 0 fully saturated rings. The molecule has 1 aromatic carbocycles. The molecule has 0 aromatic heterocycles. The first-order valence-electron chi connectivity index (χ1n) is 5.81. The third-order valence-corrected chi connectivity index (χ3v) is 2.41. The number of hydrogen-bond donors (Lipinski definition) is 0. The summed E-state index contributed by atoms with van der Waals surface area (Å²) in [4.78, 5) is 0. The zero-order valence-electron chi connectivity index (χ0n) is 10.6. The van der Waals surface area contributed by atoms with Gasteiger partial charge in [0.2, 0.25) is 0 Å². The average Bonchev–Trinajstić information content (AvgIpc) is 2.11. The average molecular weight is 206 g/mol. The Morgan fingerprint density at radius 3 is 2.07 bits per heavy atom. The smallest absolute Gasteiger partial charge is 0.125 e. The highest BCUT2D eigenvalue weighted by Crippen LogP contribution is 2.26. The molecule has 0 radical (unpaired) electrons. The molecule has 0 saturated carbocycles. The van der Waals surface area contributed by atoms with Crippen LogP contribution in [0.1, 0.15) is 43.9 Å². The Hall–Kier alpha value is -0.980. The van der Waals surface area contributed by atoms with E-state index in [-0.39, 0.29) is 6.10 Å². The predicted molar refractivity (Wildman–Crippen MR) is 65.7 cm³/mol. The quantitative estimate of drug-likeness (QED) is 0.722. The van der Waals surface area contributed by atoms with E-state index in [4.69, 9.17) is 4.74 Å². The van der Waals surface area contributed by atoms with Crippen LogP contribution < -0.4 is 4.74 Å². The molecule has 0 aliphatic rings. The van der Waals surface area contributed by atoms with Crippen molar-refractivity contribution in [3.63, 3.8) is 0 Å². The van der Waals surface area contributed by atoms with E-state index in [2.05, 4.69) is 46.8 Å². The van der Waals surface area contributed by atoms with Gasteiger partial charge in [0.1, 0.15) is 5.75 Å². The molecule has 0 atom stereocenters. The molecule has 1 aromatic rings. The minimum absolute atomic E-state index is 0.249. The summed E-state index contributed by atoms with van der Waals surface area (Å²) in [6.45, 7) is 10.6. The highest BCUT2D eigenvalue weighted by Gasteiger charge is 2.07. The summed E-state index contributed by atoms with van der Waals surface area (Å²) in [7, 11) is 0. The van der Waals surface area contributed by atoms with Crippen molar-refractivity contribution in [2.75, 3.05) is 0 Å². The first-order valence-corrected chi connectivity index (χ1v) is 5.81. The van der Waals surface area contributed by atoms with Gasteiger partial charge in [-0.1, -0.05) is 25.5 Å². The second kappa shape index (κ2) is 5.20. The van der Waals surface area contributed by atoms with Crippen molar-refractivity contribution in [1.82, 2.24) is 0 Å². The van der Waals surface area contributed by atoms with E-state index >= 15 is 0 Å². The SMILES string of the molecule is CCCc1cc(C)c(OC(C)C)c(C)c1. The molecular formula is C14H22O. The molecule has 0 amide bonds. The molecule has 0 saturated heterocycles. The van der Waals surface area contributed by atoms with E-state index in [1.807, 2.05) is 0 Å². The summed E-state index contributed by atoms with van der Waals surface area (Å²) in [6.07, 6.45) is 2.60. The second-order valence-electron chi connectivity index (χ2n) is 4.48. The Balaban J connectivity index is 2.98. The zero-order valence-corrected chi connectivity index (χ0v) is 10.6. The molecular weight excluding hydrogens is 184 g/mol. The molecule has 0 aliphatic heterocycles. The van der Waals surface area contributed by atoms with Gasteiger partial charge in [-0.3, -0.25) is 0 Å². The van der Waals surface area contributed by atoms with Gasteiger partial charge in [-0.05, 0) is 50.8 Å². The van der Waals surface area contributed by atoms with Gasteiger partial charge in [-0.15, -0.1) is 0 Å². The van der Waals surface area contributed by atoms with Crippen LogP contribution in [0.3, 0.4) is 0 Å². The molecule has 1 rings (SSSR count). The monoisotopic (exact) mass is 206 g/mol. The van der Waals surface area contributed by atoms with Crippen LogP contribution >= 0.6 is 0 Å². The molecule has 1 nitrogen and oxygen atoms in total. The highest BCUT2D eigenvalue weighted by atomic mass is 16.5. The zero-order chi connectivity index (χ0) is 11.4. The van der Waals surface area contributed by atoms with Gasteiger partial charge in [-0.25, -0.2) is 0 Å². The maximum absolute atomic E-state index is 5.81. The van der Waals surface area contributed by atoms with Crippen LogP contribution in [-0.2, 0) is 6.42 Å². The van der Waals surface area contributed by atoms with E-state index in [9.17, 15) is 0 Å². The molecule has 0 heterocycles. The molecule has 0 spiro atoms. The van der Waals surface area contributed by atoms with Gasteiger partial charge < -0.3 is 4.74 Å². The highest BCUT2D eigenvalue weighted by molar-refractivity contribution is 5.43. The fourth-order valence-electron chi connectivity index (χ4n) is 1.89. The second-order valence-corrected chi connectivity index (χ2v) is 4.48. The summed E-state index contributed by atoms with van der Waals surface area (Å²) in [6, 6.07) is 4.49. The lowest BCUT2D eigenvalue weighted by molar-refractivity contribution is 0.239. The normalized spacial score (nSPS) is 10.8. The maximum atomic E-state index is 5.81. The fourth-order valence-corrected chi connectivity index (χ4v) is 1.89. The van der Waals surface area contributed by atoms with Crippen LogP contribution in [0.25, 0.3) is 0 Å². The molecule has 0 N–H and O–H groups in total. The summed E-state index contributed by atoms with van der Waals surface area (Å²) < 4.78 is 5.81. The van der Waals surface area contributed by atoms with Crippen LogP contribution in [-0.4, -0.2) is 6.10 Å². The van der Waals surface area contributed by atoms with Crippen molar-refractivity contribution in [3.05, 3.63) is 28.8 Å². The first kappa shape index (κ1) is 12.1. The maximum Gasteiger partial charge on any atom is 0.125 e. The van der Waals surface area contributed by atoms with Crippen LogP contribution in [0.5, 0.6) is 5.75 Å². The summed E-state index contributed by atoms with van der Waals surface area (Å²) in [5, 5.41) is 0. The van der Waals surface area contributed by atoms with Crippen molar-refractivity contribution in [2.24, 2.45) is 0 Å². The Bertz CT molecular complexity index is 303. The molecule has 0 bridgehead atoms. The van der Waals surface area contributed by atoms with E-state index in [0.29, 0.717) is 0 Å². The predicted octanol–water partition coefficient (Wildman–Crippen LogP) is 4.04. The van der Waals surface area contributed by atoms with Crippen LogP contribution in [0.2, 0.25) is 0 Å². The van der Waals surface area contributed by atoms with Crippen molar-refractivity contribution >= 4 is 0 Å². The van der Waals surface area contributed by atoms with Gasteiger partial charge in [0.15, 0.2) is 0 Å². The van der Waals surface area contributed by atoms with Crippen LogP contribution in [0.15, 0.2) is 12.1 Å². The first-order chi connectivity index (χ1) is 7.04. The van der Waals surface area contributed by atoms with E-state index in [0.717, 1.165) is 12.2 Å². The number of aryl methyl sites for hydroxylation is 3. The Morgan fingerprint density at radius 2 is 1.67 bits per heavy atom. The summed E-state index contributed by atoms with van der Waals surface area (Å²) in [5.74, 6) is 1.06. The number of hydrogen-bond acceptors (Lipinski definition) is 1. The molecule has 0 aliphatic carbocycles. The van der Waals surface area contributed by atoms with Gasteiger partial charge in [0.05, 0.1) is 6.10 Å². The van der Waals surface area contributed by atoms with Gasteiger partial charge in [0, 0.05) is 0 Å². The van der Waals surface area contributed by atoms with E-state index < -0.39 is 0 Å². The Labute approximate surface area is 93.5 Å². The minimum Gasteiger partial charge on any atom is -0.490 e. The van der Waals surface area contributed by atoms with Gasteiger partial charge in [-0.2, -0.15) is 0 Å². The number of rotatable bonds is 4. The van der Waals surface area contributed by atoms with Crippen molar-refractivity contribution in [2.45, 2.75) is 53.6 Å². The van der Waals surface area contributed by atoms with E-state index in [1.165, 1.54) is 23.1 Å². The Kier molecular flexibility index (Phi) is 4.19. The third kappa shape index (κ3) is 3.26. The number of ether oxygens (including phenoxy) is 1. The lowest BCUT2D eigenvalue weighted by Crippen LogP contribution is -2.08. The topological polar surface area (TPSA) is 9.23 Å². The van der Waals surface area contributed by atoms with E-state index in [1.54, 1.807) is 0 Å². The molecule has 1 heteroatoms. The molecule has 0 unspecified atom stereocenters. The van der Waals surface area contributed by atoms with Crippen molar-refractivity contribution < 1.29 is 4.74 Å². The lowest BCUT2D eigenvalue weighted by atomic mass is 10.0. The molecule has 84 valence electrons. The van der Waals surface area contributed by atoms with Gasteiger partial charge >= 0.3 is 0 Å². The Morgan fingerprint density at radius 1 is 1.13 bits per heavy atom. The van der Waals surface area contributed by atoms with Crippen molar-refractivity contribution in [1.29, 1.82) is 0 Å². The fraction of sp³-hybridized carbons (Fsp3) is 0.571. The lowest BCUT2D eigenvalue weighted by Gasteiger charge is -2.16. The van der Waals surface area contributed by atoms with Crippen LogP contribution in [0.4, 0.5) is 0 Å². The molecule has 15 heavy (non-hydrogen) atoms. The third-order valence-electron chi connectivity index (χ3n) is 2.41. The van der Waals surface area contributed by atoms with Crippen LogP contribution in [0, 0.1) is 13.8 Å². The largest absolute Gasteiger partial charge is 0.490 e. The van der Waals surface area contributed by atoms with Crippen molar-refractivity contribution in [3.8, 4) is 5.75 Å². The number of benzene rings is 1. The summed E-state index contributed by atoms with van der Waals surface area (Å²) in [5.41, 5.74) is 3.93. The standard InChI is InChI=1S/C14H22O/c1-6-7-13-8-11(4)14(12(5)9-13)15-10(2)3/h8-10H,6-7H2,1-5H3.